The first-order valence-corrected chi connectivity index (χ1v) is 9.23. The van der Waals surface area contributed by atoms with Crippen molar-refractivity contribution < 1.29 is 9.53 Å². The normalized spacial score (nSPS) is 15.0. The van der Waals surface area contributed by atoms with E-state index >= 15 is 0 Å². The smallest absolute Gasteiger partial charge is 0.340 e. The summed E-state index contributed by atoms with van der Waals surface area (Å²) in [5.74, 6) is 1.45. The van der Waals surface area contributed by atoms with E-state index in [0.29, 0.717) is 24.8 Å². The number of carbonyl (C=O) groups is 1. The van der Waals surface area contributed by atoms with E-state index in [0.717, 1.165) is 35.4 Å². The van der Waals surface area contributed by atoms with Crippen LogP contribution in [-0.4, -0.2) is 56.4 Å². The van der Waals surface area contributed by atoms with Gasteiger partial charge in [0.05, 0.1) is 19.7 Å². The summed E-state index contributed by atoms with van der Waals surface area (Å²) in [6.45, 7) is 1.32. The number of nitrogens with zero attached hydrogens (tertiary/aromatic N) is 3. The second-order valence-electron chi connectivity index (χ2n) is 6.89. The fraction of sp³-hybridized carbons (Fsp3) is 0.368. The summed E-state index contributed by atoms with van der Waals surface area (Å²) in [5, 5.41) is 13.5. The summed E-state index contributed by atoms with van der Waals surface area (Å²) in [6.07, 6.45) is 3.64. The van der Waals surface area contributed by atoms with Gasteiger partial charge in [-0.3, -0.25) is 14.9 Å². The summed E-state index contributed by atoms with van der Waals surface area (Å²) in [4.78, 5) is 27.9. The monoisotopic (exact) mass is 382 g/mol. The molecule has 4 rings (SSSR count). The molecule has 3 heterocycles. The van der Waals surface area contributed by atoms with E-state index in [1.807, 2.05) is 35.4 Å². The molecule has 3 aromatic rings. The van der Waals surface area contributed by atoms with Gasteiger partial charge in [-0.1, -0.05) is 12.1 Å². The van der Waals surface area contributed by atoms with Crippen molar-refractivity contribution in [2.75, 3.05) is 20.2 Å². The number of benzene rings is 1. The molecule has 28 heavy (non-hydrogen) atoms. The average Bonchev–Trinajstić information content (AvgIpc) is 3.37. The maximum atomic E-state index is 12.4. The van der Waals surface area contributed by atoms with Crippen molar-refractivity contribution in [1.29, 1.82) is 0 Å². The number of rotatable bonds is 5. The molecule has 0 radical (unpaired) electrons. The standard InChI is InChI=1S/C19H22N6O3/c1-28-14-4-2-3-13(9-14)15-11-20-23-18(15)12-5-7-25(8-6-12)17(26)10-16-21-19(27)24-22-16/h2-4,9,11-12H,5-8,10H2,1H3,(H,20,23)(H2,21,22,24,27). The van der Waals surface area contributed by atoms with Crippen LogP contribution >= 0.6 is 0 Å². The summed E-state index contributed by atoms with van der Waals surface area (Å²) in [7, 11) is 1.65. The van der Waals surface area contributed by atoms with E-state index in [1.54, 1.807) is 7.11 Å². The van der Waals surface area contributed by atoms with Gasteiger partial charge in [0.1, 0.15) is 11.6 Å². The molecule has 3 N–H and O–H groups in total. The summed E-state index contributed by atoms with van der Waals surface area (Å²) < 4.78 is 5.32. The summed E-state index contributed by atoms with van der Waals surface area (Å²) in [5.41, 5.74) is 2.82. The molecule has 9 heteroatoms. The van der Waals surface area contributed by atoms with Crippen molar-refractivity contribution in [3.05, 3.63) is 52.5 Å². The number of likely N-dealkylation sites (tertiary alicyclic amines) is 1. The largest absolute Gasteiger partial charge is 0.497 e. The van der Waals surface area contributed by atoms with Crippen LogP contribution in [0, 0.1) is 0 Å². The van der Waals surface area contributed by atoms with Gasteiger partial charge in [0.25, 0.3) is 0 Å². The number of piperidine rings is 1. The zero-order valence-electron chi connectivity index (χ0n) is 15.6. The van der Waals surface area contributed by atoms with Crippen LogP contribution in [0.1, 0.15) is 30.3 Å². The molecule has 1 fully saturated rings. The van der Waals surface area contributed by atoms with Gasteiger partial charge in [-0.05, 0) is 30.5 Å². The first kappa shape index (κ1) is 18.0. The molecule has 1 aromatic carbocycles. The van der Waals surface area contributed by atoms with E-state index in [-0.39, 0.29) is 12.3 Å². The number of H-pyrrole nitrogens is 3. The van der Waals surface area contributed by atoms with Crippen LogP contribution in [0.2, 0.25) is 0 Å². The Morgan fingerprint density at radius 3 is 2.82 bits per heavy atom. The lowest BCUT2D eigenvalue weighted by molar-refractivity contribution is -0.131. The molecule has 0 aliphatic carbocycles. The van der Waals surface area contributed by atoms with Crippen molar-refractivity contribution in [1.82, 2.24) is 30.3 Å². The summed E-state index contributed by atoms with van der Waals surface area (Å²) in [6, 6.07) is 7.92. The lowest BCUT2D eigenvalue weighted by Gasteiger charge is -2.32. The molecule has 0 spiro atoms. The van der Waals surface area contributed by atoms with Crippen LogP contribution in [0.3, 0.4) is 0 Å². The second kappa shape index (κ2) is 7.71. The number of hydrogen-bond acceptors (Lipinski definition) is 5. The van der Waals surface area contributed by atoms with Crippen LogP contribution in [0.15, 0.2) is 35.3 Å². The van der Waals surface area contributed by atoms with Gasteiger partial charge in [-0.15, -0.1) is 0 Å². The minimum atomic E-state index is -0.397. The van der Waals surface area contributed by atoms with E-state index in [4.69, 9.17) is 4.74 Å². The minimum Gasteiger partial charge on any atom is -0.497 e. The Labute approximate surface area is 161 Å². The van der Waals surface area contributed by atoms with Crippen molar-refractivity contribution in [3.8, 4) is 16.9 Å². The number of aromatic nitrogens is 5. The van der Waals surface area contributed by atoms with Crippen LogP contribution in [-0.2, 0) is 11.2 Å². The Balaban J connectivity index is 1.42. The lowest BCUT2D eigenvalue weighted by Crippen LogP contribution is -2.39. The van der Waals surface area contributed by atoms with Crippen molar-refractivity contribution in [2.24, 2.45) is 0 Å². The number of methoxy groups -OCH3 is 1. The Morgan fingerprint density at radius 1 is 1.29 bits per heavy atom. The minimum absolute atomic E-state index is 0.0289. The van der Waals surface area contributed by atoms with Crippen molar-refractivity contribution in [3.63, 3.8) is 0 Å². The second-order valence-corrected chi connectivity index (χ2v) is 6.89. The van der Waals surface area contributed by atoms with Gasteiger partial charge in [0.2, 0.25) is 5.91 Å². The number of aromatic amines is 3. The van der Waals surface area contributed by atoms with Crippen molar-refractivity contribution >= 4 is 5.91 Å². The number of nitrogens with one attached hydrogen (secondary N) is 3. The first-order valence-electron chi connectivity index (χ1n) is 9.23. The zero-order valence-corrected chi connectivity index (χ0v) is 15.6. The first-order chi connectivity index (χ1) is 13.6. The van der Waals surface area contributed by atoms with Crippen LogP contribution in [0.4, 0.5) is 0 Å². The highest BCUT2D eigenvalue weighted by Gasteiger charge is 2.27. The Morgan fingerprint density at radius 2 is 2.11 bits per heavy atom. The van der Waals surface area contributed by atoms with Gasteiger partial charge >= 0.3 is 5.69 Å². The fourth-order valence-electron chi connectivity index (χ4n) is 3.69. The number of ether oxygens (including phenoxy) is 1. The number of hydrogen-bond donors (Lipinski definition) is 3. The third kappa shape index (κ3) is 3.68. The molecule has 0 unspecified atom stereocenters. The predicted molar refractivity (Wildman–Crippen MR) is 102 cm³/mol. The molecule has 1 aliphatic rings. The molecule has 0 bridgehead atoms. The van der Waals surface area contributed by atoms with E-state index < -0.39 is 5.69 Å². The predicted octanol–water partition coefficient (Wildman–Crippen LogP) is 1.45. The number of carbonyl (C=O) groups excluding carboxylic acids is 1. The molecule has 0 atom stereocenters. The average molecular weight is 382 g/mol. The molecule has 9 nitrogen and oxygen atoms in total. The van der Waals surface area contributed by atoms with Gasteiger partial charge < -0.3 is 9.64 Å². The topological polar surface area (TPSA) is 120 Å². The van der Waals surface area contributed by atoms with E-state index in [1.165, 1.54) is 0 Å². The molecule has 2 aromatic heterocycles. The maximum Gasteiger partial charge on any atom is 0.340 e. The molecular formula is C19H22N6O3. The van der Waals surface area contributed by atoms with Gasteiger partial charge in [0, 0.05) is 30.3 Å². The highest BCUT2D eigenvalue weighted by atomic mass is 16.5. The molecule has 1 aliphatic heterocycles. The number of amides is 1. The lowest BCUT2D eigenvalue weighted by atomic mass is 9.89. The van der Waals surface area contributed by atoms with Crippen LogP contribution in [0.5, 0.6) is 5.75 Å². The molecule has 1 amide bonds. The van der Waals surface area contributed by atoms with E-state index in [9.17, 15) is 9.59 Å². The quantitative estimate of drug-likeness (QED) is 0.617. The molecule has 0 saturated carbocycles. The molecule has 146 valence electrons. The Hall–Kier alpha value is -3.36. The van der Waals surface area contributed by atoms with Crippen LogP contribution in [0.25, 0.3) is 11.1 Å². The third-order valence-electron chi connectivity index (χ3n) is 5.17. The van der Waals surface area contributed by atoms with E-state index in [2.05, 4.69) is 25.4 Å². The SMILES string of the molecule is COc1cccc(-c2cn[nH]c2C2CCN(C(=O)Cc3n[nH]c(=O)[nH]3)CC2)c1. The molecule has 1 saturated heterocycles. The maximum absolute atomic E-state index is 12.4. The van der Waals surface area contributed by atoms with Crippen LogP contribution < -0.4 is 10.4 Å². The highest BCUT2D eigenvalue weighted by Crippen LogP contribution is 2.34. The fourth-order valence-corrected chi connectivity index (χ4v) is 3.69. The van der Waals surface area contributed by atoms with Gasteiger partial charge in [-0.2, -0.15) is 10.2 Å². The Kier molecular flexibility index (Phi) is 4.96. The highest BCUT2D eigenvalue weighted by molar-refractivity contribution is 5.78. The Bertz CT molecular complexity index is 1010. The molecular weight excluding hydrogens is 360 g/mol. The third-order valence-corrected chi connectivity index (χ3v) is 5.17. The van der Waals surface area contributed by atoms with Gasteiger partial charge in [0.15, 0.2) is 0 Å². The summed E-state index contributed by atoms with van der Waals surface area (Å²) >= 11 is 0. The van der Waals surface area contributed by atoms with Crippen molar-refractivity contribution in [2.45, 2.75) is 25.2 Å². The van der Waals surface area contributed by atoms with Gasteiger partial charge in [-0.25, -0.2) is 9.89 Å². The zero-order chi connectivity index (χ0) is 19.5.